The van der Waals surface area contributed by atoms with Gasteiger partial charge in [-0.2, -0.15) is 5.10 Å². The second-order valence-corrected chi connectivity index (χ2v) is 4.99. The Labute approximate surface area is 126 Å². The summed E-state index contributed by atoms with van der Waals surface area (Å²) in [6.07, 6.45) is 0. The number of nitrogens with zero attached hydrogens (tertiary/aromatic N) is 3. The van der Waals surface area contributed by atoms with Crippen molar-refractivity contribution in [3.05, 3.63) is 47.0 Å². The molecule has 6 nitrogen and oxygen atoms in total. The van der Waals surface area contributed by atoms with Crippen molar-refractivity contribution in [2.24, 2.45) is 0 Å². The maximum absolute atomic E-state index is 13.0. The lowest BCUT2D eigenvalue weighted by molar-refractivity contribution is -0.137. The minimum atomic E-state index is -1.09. The van der Waals surface area contributed by atoms with E-state index in [1.54, 1.807) is 26.0 Å². The van der Waals surface area contributed by atoms with Gasteiger partial charge in [0.05, 0.1) is 22.6 Å². The molecule has 1 amide bonds. The van der Waals surface area contributed by atoms with Gasteiger partial charge in [0.25, 0.3) is 5.91 Å². The number of likely N-dealkylation sites (N-methyl/N-ethyl adjacent to an activating group) is 1. The Morgan fingerprint density at radius 3 is 2.41 bits per heavy atom. The second kappa shape index (κ2) is 5.97. The van der Waals surface area contributed by atoms with Crippen molar-refractivity contribution < 1.29 is 19.1 Å². The van der Waals surface area contributed by atoms with Crippen molar-refractivity contribution in [3.8, 4) is 5.69 Å². The molecule has 0 spiro atoms. The van der Waals surface area contributed by atoms with Crippen LogP contribution in [0.3, 0.4) is 0 Å². The number of benzene rings is 1. The number of aliphatic carboxylic acids is 1. The fraction of sp³-hybridized carbons (Fsp3) is 0.267. The van der Waals surface area contributed by atoms with Crippen molar-refractivity contribution in [3.63, 3.8) is 0 Å². The molecule has 2 rings (SSSR count). The van der Waals surface area contributed by atoms with E-state index in [0.29, 0.717) is 22.6 Å². The van der Waals surface area contributed by atoms with Gasteiger partial charge in [-0.3, -0.25) is 9.59 Å². The molecule has 1 aromatic carbocycles. The minimum absolute atomic E-state index is 0.355. The van der Waals surface area contributed by atoms with Crippen LogP contribution in [-0.2, 0) is 4.79 Å². The Kier molecular flexibility index (Phi) is 4.25. The zero-order chi connectivity index (χ0) is 16.4. The van der Waals surface area contributed by atoms with Gasteiger partial charge in [-0.05, 0) is 38.1 Å². The van der Waals surface area contributed by atoms with Crippen molar-refractivity contribution in [1.82, 2.24) is 14.7 Å². The summed E-state index contributed by atoms with van der Waals surface area (Å²) in [6, 6.07) is 5.74. The Morgan fingerprint density at radius 2 is 1.86 bits per heavy atom. The van der Waals surface area contributed by atoms with Crippen LogP contribution in [0.2, 0.25) is 0 Å². The first-order valence-electron chi connectivity index (χ1n) is 6.60. The summed E-state index contributed by atoms with van der Waals surface area (Å²) in [5.41, 5.74) is 2.05. The third-order valence-corrected chi connectivity index (χ3v) is 3.30. The number of hydrogen-bond acceptors (Lipinski definition) is 3. The molecular formula is C15H16FN3O3. The highest BCUT2D eigenvalue weighted by Gasteiger charge is 2.23. The van der Waals surface area contributed by atoms with Gasteiger partial charge in [0.15, 0.2) is 0 Å². The molecule has 0 unspecified atom stereocenters. The second-order valence-electron chi connectivity index (χ2n) is 4.99. The molecule has 0 aliphatic carbocycles. The standard InChI is InChI=1S/C15H16FN3O3/c1-9-14(15(22)18(3)8-13(20)21)10(2)19(17-9)12-6-4-11(16)5-7-12/h4-7H,8H2,1-3H3,(H,20,21). The molecule has 1 aromatic heterocycles. The monoisotopic (exact) mass is 305 g/mol. The SMILES string of the molecule is Cc1nn(-c2ccc(F)cc2)c(C)c1C(=O)N(C)CC(=O)O. The lowest BCUT2D eigenvalue weighted by Crippen LogP contribution is -2.32. The first kappa shape index (κ1) is 15.7. The first-order chi connectivity index (χ1) is 10.3. The molecule has 0 aliphatic heterocycles. The molecule has 1 N–H and O–H groups in total. The summed E-state index contributed by atoms with van der Waals surface area (Å²) in [5, 5.41) is 13.1. The first-order valence-corrected chi connectivity index (χ1v) is 6.60. The van der Waals surface area contributed by atoms with E-state index in [-0.39, 0.29) is 12.4 Å². The van der Waals surface area contributed by atoms with Crippen molar-refractivity contribution in [2.45, 2.75) is 13.8 Å². The molecule has 0 saturated heterocycles. The molecular weight excluding hydrogens is 289 g/mol. The average molecular weight is 305 g/mol. The van der Waals surface area contributed by atoms with E-state index >= 15 is 0 Å². The van der Waals surface area contributed by atoms with E-state index in [0.717, 1.165) is 4.90 Å². The molecule has 0 radical (unpaired) electrons. The molecule has 1 heterocycles. The van der Waals surface area contributed by atoms with Gasteiger partial charge in [-0.25, -0.2) is 9.07 Å². The lowest BCUT2D eigenvalue weighted by Gasteiger charge is -2.14. The summed E-state index contributed by atoms with van der Waals surface area (Å²) >= 11 is 0. The number of aryl methyl sites for hydroxylation is 1. The molecule has 0 saturated carbocycles. The van der Waals surface area contributed by atoms with E-state index < -0.39 is 11.9 Å². The maximum Gasteiger partial charge on any atom is 0.323 e. The van der Waals surface area contributed by atoms with Gasteiger partial charge in [-0.15, -0.1) is 0 Å². The lowest BCUT2D eigenvalue weighted by atomic mass is 10.1. The van der Waals surface area contributed by atoms with Crippen molar-refractivity contribution >= 4 is 11.9 Å². The van der Waals surface area contributed by atoms with Gasteiger partial charge >= 0.3 is 5.97 Å². The zero-order valence-electron chi connectivity index (χ0n) is 12.5. The van der Waals surface area contributed by atoms with Crippen molar-refractivity contribution in [2.75, 3.05) is 13.6 Å². The fourth-order valence-electron chi connectivity index (χ4n) is 2.25. The number of carboxylic acids is 1. The van der Waals surface area contributed by atoms with Gasteiger partial charge in [0.1, 0.15) is 12.4 Å². The largest absolute Gasteiger partial charge is 0.480 e. The quantitative estimate of drug-likeness (QED) is 0.934. The van der Waals surface area contributed by atoms with Crippen LogP contribution in [-0.4, -0.2) is 45.3 Å². The molecule has 7 heteroatoms. The van der Waals surface area contributed by atoms with Crippen LogP contribution >= 0.6 is 0 Å². The van der Waals surface area contributed by atoms with Gasteiger partial charge < -0.3 is 10.0 Å². The highest BCUT2D eigenvalue weighted by Crippen LogP contribution is 2.19. The van der Waals surface area contributed by atoms with Crippen LogP contribution in [0.5, 0.6) is 0 Å². The molecule has 116 valence electrons. The number of hydrogen-bond donors (Lipinski definition) is 1. The highest BCUT2D eigenvalue weighted by molar-refractivity contribution is 5.97. The normalized spacial score (nSPS) is 10.5. The number of carbonyl (C=O) groups is 2. The number of amides is 1. The van der Waals surface area contributed by atoms with E-state index in [9.17, 15) is 14.0 Å². The molecule has 0 bridgehead atoms. The molecule has 0 aliphatic rings. The summed E-state index contributed by atoms with van der Waals surface area (Å²) in [4.78, 5) is 24.2. The van der Waals surface area contributed by atoms with Crippen LogP contribution in [0.25, 0.3) is 5.69 Å². The predicted octanol–water partition coefficient (Wildman–Crippen LogP) is 1.78. The van der Waals surface area contributed by atoms with Crippen LogP contribution in [0, 0.1) is 19.7 Å². The summed E-state index contributed by atoms with van der Waals surface area (Å²) < 4.78 is 14.5. The summed E-state index contributed by atoms with van der Waals surface area (Å²) in [6.45, 7) is 3.00. The summed E-state index contributed by atoms with van der Waals surface area (Å²) in [5.74, 6) is -1.86. The Bertz CT molecular complexity index is 722. The minimum Gasteiger partial charge on any atom is -0.480 e. The van der Waals surface area contributed by atoms with Crippen LogP contribution in [0.4, 0.5) is 4.39 Å². The van der Waals surface area contributed by atoms with E-state index in [1.165, 1.54) is 23.9 Å². The van der Waals surface area contributed by atoms with E-state index in [4.69, 9.17) is 5.11 Å². The topological polar surface area (TPSA) is 75.4 Å². The predicted molar refractivity (Wildman–Crippen MR) is 77.6 cm³/mol. The molecule has 0 atom stereocenters. The number of carboxylic acid groups (broad SMARTS) is 1. The maximum atomic E-state index is 13.0. The van der Waals surface area contributed by atoms with Gasteiger partial charge in [0.2, 0.25) is 0 Å². The molecule has 22 heavy (non-hydrogen) atoms. The Morgan fingerprint density at radius 1 is 1.27 bits per heavy atom. The average Bonchev–Trinajstić information content (AvgIpc) is 2.73. The van der Waals surface area contributed by atoms with Crippen LogP contribution in [0.1, 0.15) is 21.7 Å². The fourth-order valence-corrected chi connectivity index (χ4v) is 2.25. The number of aromatic nitrogens is 2. The number of rotatable bonds is 4. The third-order valence-electron chi connectivity index (χ3n) is 3.30. The molecule has 0 fully saturated rings. The third kappa shape index (κ3) is 2.98. The Hall–Kier alpha value is -2.70. The van der Waals surface area contributed by atoms with Crippen molar-refractivity contribution in [1.29, 1.82) is 0 Å². The zero-order valence-corrected chi connectivity index (χ0v) is 12.5. The highest BCUT2D eigenvalue weighted by atomic mass is 19.1. The number of halogens is 1. The van der Waals surface area contributed by atoms with Gasteiger partial charge in [0, 0.05) is 7.05 Å². The van der Waals surface area contributed by atoms with Crippen LogP contribution < -0.4 is 0 Å². The Balaban J connectivity index is 2.41. The smallest absolute Gasteiger partial charge is 0.323 e. The van der Waals surface area contributed by atoms with E-state index in [1.807, 2.05) is 0 Å². The molecule has 2 aromatic rings. The number of carbonyl (C=O) groups excluding carboxylic acids is 1. The van der Waals surface area contributed by atoms with E-state index in [2.05, 4.69) is 5.10 Å². The van der Waals surface area contributed by atoms with Crippen LogP contribution in [0.15, 0.2) is 24.3 Å². The summed E-state index contributed by atoms with van der Waals surface area (Å²) in [7, 11) is 1.42. The van der Waals surface area contributed by atoms with Gasteiger partial charge in [-0.1, -0.05) is 0 Å².